The number of halogens is 2. The summed E-state index contributed by atoms with van der Waals surface area (Å²) in [6.45, 7) is -0.372. The molecule has 10 heteroatoms. The van der Waals surface area contributed by atoms with Gasteiger partial charge in [-0.05, 0) is 30.3 Å². The number of anilines is 2. The van der Waals surface area contributed by atoms with Gasteiger partial charge in [0.15, 0.2) is 0 Å². The number of carbonyl (C=O) groups excluding carboxylic acids is 2. The molecule has 3 atom stereocenters. The van der Waals surface area contributed by atoms with Crippen LogP contribution in [0.5, 0.6) is 0 Å². The summed E-state index contributed by atoms with van der Waals surface area (Å²) >= 11 is 5.77. The van der Waals surface area contributed by atoms with Gasteiger partial charge < -0.3 is 15.7 Å². The number of pyridine rings is 2. The van der Waals surface area contributed by atoms with Crippen molar-refractivity contribution in [3.05, 3.63) is 82.1 Å². The molecule has 0 saturated heterocycles. The smallest absolute Gasteiger partial charge is 0.255 e. The van der Waals surface area contributed by atoms with Gasteiger partial charge in [-0.15, -0.1) is 0 Å². The highest BCUT2D eigenvalue weighted by Crippen LogP contribution is 2.47. The Bertz CT molecular complexity index is 1230. The molecule has 1 saturated carbocycles. The predicted molar refractivity (Wildman–Crippen MR) is 116 cm³/mol. The molecule has 164 valence electrons. The molecular weight excluding hydrogens is 439 g/mol. The van der Waals surface area contributed by atoms with Gasteiger partial charge in [0.05, 0.1) is 28.2 Å². The quantitative estimate of drug-likeness (QED) is 0.527. The first kappa shape index (κ1) is 21.7. The van der Waals surface area contributed by atoms with Gasteiger partial charge in [-0.2, -0.15) is 0 Å². The van der Waals surface area contributed by atoms with Crippen molar-refractivity contribution in [2.45, 2.75) is 0 Å². The van der Waals surface area contributed by atoms with Crippen molar-refractivity contribution >= 4 is 34.9 Å². The normalized spacial score (nSPS) is 19.3. The van der Waals surface area contributed by atoms with E-state index in [1.54, 1.807) is 18.2 Å². The van der Waals surface area contributed by atoms with Gasteiger partial charge in [0.2, 0.25) is 11.8 Å². The molecule has 0 spiro atoms. The number of amides is 2. The van der Waals surface area contributed by atoms with Crippen molar-refractivity contribution in [2.75, 3.05) is 17.2 Å². The fraction of sp³-hybridized carbons (Fsp3) is 0.182. The summed E-state index contributed by atoms with van der Waals surface area (Å²) in [4.78, 5) is 41.0. The molecule has 32 heavy (non-hydrogen) atoms. The van der Waals surface area contributed by atoms with Crippen LogP contribution in [0.4, 0.5) is 15.9 Å². The molecule has 2 aromatic heterocycles. The molecule has 8 nitrogen and oxygen atoms in total. The number of hydrogen-bond acceptors (Lipinski definition) is 5. The fourth-order valence-electron chi connectivity index (χ4n) is 3.59. The number of aliphatic hydroxyl groups is 1. The van der Waals surface area contributed by atoms with Crippen LogP contribution in [0.1, 0.15) is 0 Å². The Morgan fingerprint density at radius 1 is 1.09 bits per heavy atom. The van der Waals surface area contributed by atoms with Crippen LogP contribution in [0.3, 0.4) is 0 Å². The summed E-state index contributed by atoms with van der Waals surface area (Å²) in [7, 11) is 0. The first-order valence-electron chi connectivity index (χ1n) is 9.71. The van der Waals surface area contributed by atoms with Gasteiger partial charge in [0.1, 0.15) is 11.6 Å². The van der Waals surface area contributed by atoms with E-state index in [4.69, 9.17) is 11.6 Å². The van der Waals surface area contributed by atoms with E-state index in [0.29, 0.717) is 10.7 Å². The minimum atomic E-state index is -0.817. The third-order valence-electron chi connectivity index (χ3n) is 5.27. The predicted octanol–water partition coefficient (Wildman–Crippen LogP) is 2.46. The lowest BCUT2D eigenvalue weighted by atomic mass is 10.2. The lowest BCUT2D eigenvalue weighted by molar-refractivity contribution is -0.122. The van der Waals surface area contributed by atoms with Crippen LogP contribution in [-0.2, 0) is 9.59 Å². The summed E-state index contributed by atoms with van der Waals surface area (Å²) in [6, 6.07) is 11.6. The average molecular weight is 457 g/mol. The van der Waals surface area contributed by atoms with Crippen molar-refractivity contribution in [3.63, 3.8) is 0 Å². The van der Waals surface area contributed by atoms with E-state index in [1.165, 1.54) is 41.2 Å². The molecule has 4 rings (SSSR count). The number of benzene rings is 1. The summed E-state index contributed by atoms with van der Waals surface area (Å²) in [5, 5.41) is 15.0. The highest BCUT2D eigenvalue weighted by atomic mass is 35.5. The van der Waals surface area contributed by atoms with Crippen LogP contribution >= 0.6 is 11.6 Å². The van der Waals surface area contributed by atoms with Gasteiger partial charge >= 0.3 is 0 Å². The number of rotatable bonds is 6. The second-order valence-corrected chi connectivity index (χ2v) is 7.75. The maximum absolute atomic E-state index is 14.6. The van der Waals surface area contributed by atoms with Crippen LogP contribution in [0.15, 0.2) is 65.7 Å². The zero-order valence-corrected chi connectivity index (χ0v) is 17.3. The van der Waals surface area contributed by atoms with Crippen LogP contribution in [0.25, 0.3) is 5.69 Å². The van der Waals surface area contributed by atoms with E-state index >= 15 is 0 Å². The van der Waals surface area contributed by atoms with Crippen LogP contribution < -0.4 is 16.2 Å². The van der Waals surface area contributed by atoms with E-state index in [1.807, 2.05) is 0 Å². The molecule has 0 radical (unpaired) electrons. The lowest BCUT2D eigenvalue weighted by Crippen LogP contribution is -2.21. The van der Waals surface area contributed by atoms with E-state index in [9.17, 15) is 23.9 Å². The van der Waals surface area contributed by atoms with E-state index in [0.717, 1.165) is 6.07 Å². The molecule has 2 heterocycles. The number of aliphatic hydroxyl groups excluding tert-OH is 1. The van der Waals surface area contributed by atoms with Crippen molar-refractivity contribution in [1.29, 1.82) is 0 Å². The second kappa shape index (κ2) is 8.89. The molecule has 0 bridgehead atoms. The third-order valence-corrected chi connectivity index (χ3v) is 5.50. The highest BCUT2D eigenvalue weighted by molar-refractivity contribution is 6.30. The van der Waals surface area contributed by atoms with Crippen molar-refractivity contribution in [1.82, 2.24) is 9.55 Å². The maximum Gasteiger partial charge on any atom is 0.255 e. The molecule has 1 aromatic carbocycles. The number of nitrogens with zero attached hydrogens (tertiary/aromatic N) is 2. The summed E-state index contributed by atoms with van der Waals surface area (Å²) < 4.78 is 15.9. The number of carbonyl (C=O) groups is 2. The Morgan fingerprint density at radius 3 is 2.47 bits per heavy atom. The maximum atomic E-state index is 14.6. The molecule has 1 aliphatic carbocycles. The van der Waals surface area contributed by atoms with Gasteiger partial charge in [0, 0.05) is 37.1 Å². The Hall–Kier alpha value is -3.56. The Kier molecular flexibility index (Phi) is 6.02. The van der Waals surface area contributed by atoms with Crippen molar-refractivity contribution in [2.24, 2.45) is 17.8 Å². The molecule has 3 N–H and O–H groups in total. The van der Waals surface area contributed by atoms with Gasteiger partial charge in [-0.1, -0.05) is 17.7 Å². The van der Waals surface area contributed by atoms with Crippen LogP contribution in [0.2, 0.25) is 5.02 Å². The topological polar surface area (TPSA) is 113 Å². The van der Waals surface area contributed by atoms with E-state index < -0.39 is 35.4 Å². The van der Waals surface area contributed by atoms with Gasteiger partial charge in [-0.25, -0.2) is 9.37 Å². The van der Waals surface area contributed by atoms with Crippen molar-refractivity contribution < 1.29 is 19.1 Å². The lowest BCUT2D eigenvalue weighted by Gasteiger charge is -2.10. The Morgan fingerprint density at radius 2 is 1.84 bits per heavy atom. The first-order valence-corrected chi connectivity index (χ1v) is 10.1. The first-order chi connectivity index (χ1) is 15.4. The Labute approximate surface area is 186 Å². The zero-order chi connectivity index (χ0) is 22.8. The average Bonchev–Trinajstić information content (AvgIpc) is 3.52. The Balaban J connectivity index is 1.45. The standard InChI is InChI=1S/C22H18ClFN4O4/c23-12-4-7-17(25-10-12)27-22(32)20-14(11-29)19(20)21(31)26-16-6-5-13(9-15(16)24)28-8-2-1-3-18(28)30/h1-10,14,19-20,29H,11H2,(H,26,31)(H,25,27,32). The molecular formula is C22H18ClFN4O4. The minimum absolute atomic E-state index is 0.0927. The van der Waals surface area contributed by atoms with E-state index in [-0.39, 0.29) is 23.7 Å². The third kappa shape index (κ3) is 4.39. The molecule has 3 unspecified atom stereocenters. The van der Waals surface area contributed by atoms with Crippen molar-refractivity contribution in [3.8, 4) is 5.69 Å². The molecule has 1 aliphatic rings. The fourth-order valence-corrected chi connectivity index (χ4v) is 3.70. The van der Waals surface area contributed by atoms with Gasteiger partial charge in [0.25, 0.3) is 5.56 Å². The number of aromatic nitrogens is 2. The van der Waals surface area contributed by atoms with Crippen LogP contribution in [-0.4, -0.2) is 33.1 Å². The number of hydrogen-bond donors (Lipinski definition) is 3. The van der Waals surface area contributed by atoms with Gasteiger partial charge in [-0.3, -0.25) is 19.0 Å². The number of nitrogens with one attached hydrogen (secondary N) is 2. The van der Waals surface area contributed by atoms with Crippen LogP contribution in [0, 0.1) is 23.6 Å². The SMILES string of the molecule is O=C(Nc1ccc(Cl)cn1)C1C(CO)C1C(=O)Nc1ccc(-n2ccccc2=O)cc1F. The molecule has 3 aromatic rings. The van der Waals surface area contributed by atoms with E-state index in [2.05, 4.69) is 15.6 Å². The molecule has 2 amide bonds. The minimum Gasteiger partial charge on any atom is -0.396 e. The molecule has 1 fully saturated rings. The largest absolute Gasteiger partial charge is 0.396 e. The summed E-state index contributed by atoms with van der Waals surface area (Å²) in [5.74, 6) is -3.72. The summed E-state index contributed by atoms with van der Waals surface area (Å²) in [6.07, 6.45) is 2.87. The summed E-state index contributed by atoms with van der Waals surface area (Å²) in [5.41, 5.74) is -0.111. The second-order valence-electron chi connectivity index (χ2n) is 7.31. The monoisotopic (exact) mass is 456 g/mol. The molecule has 0 aliphatic heterocycles. The highest BCUT2D eigenvalue weighted by Gasteiger charge is 2.58. The zero-order valence-electron chi connectivity index (χ0n) is 16.5.